The molecule has 1 aromatic rings. The fraction of sp³-hybridized carbons (Fsp3) is 0.840. The van der Waals surface area contributed by atoms with Crippen molar-refractivity contribution in [2.24, 2.45) is 103 Å². The van der Waals surface area contributed by atoms with Gasteiger partial charge >= 0.3 is 11.9 Å². The minimum Gasteiger partial charge on any atom is -0.481 e. The molecule has 12 rings (SSSR count). The molecule has 8 saturated carbocycles. The van der Waals surface area contributed by atoms with Crippen LogP contribution in [0.2, 0.25) is 0 Å². The number of hydrogen-bond acceptors (Lipinski definition) is 20. The molecule has 23 heteroatoms. The lowest BCUT2D eigenvalue weighted by Crippen LogP contribution is -2.62. The summed E-state index contributed by atoms with van der Waals surface area (Å²) in [5.74, 6) is -0.224. The Morgan fingerprint density at radius 3 is 1.50 bits per heavy atom. The van der Waals surface area contributed by atoms with E-state index in [1.807, 2.05) is 38.1 Å². The first-order valence-corrected chi connectivity index (χ1v) is 37.1. The van der Waals surface area contributed by atoms with Crippen molar-refractivity contribution in [1.82, 2.24) is 20.0 Å². The minimum absolute atomic E-state index is 0.0450. The van der Waals surface area contributed by atoms with Crippen LogP contribution in [0.5, 0.6) is 0 Å². The Bertz CT molecular complexity index is 2800. The smallest absolute Gasteiger partial charge is 0.333 e. The van der Waals surface area contributed by atoms with Gasteiger partial charge in [0.25, 0.3) is 23.6 Å². The van der Waals surface area contributed by atoms with Gasteiger partial charge in [-0.05, 0) is 254 Å². The molecule has 4 amide bonds. The van der Waals surface area contributed by atoms with Crippen LogP contribution in [0.25, 0.3) is 0 Å². The van der Waals surface area contributed by atoms with E-state index in [4.69, 9.17) is 19.9 Å². The number of aliphatic hydroxyl groups excluding tert-OH is 6. The molecule has 4 heterocycles. The highest BCUT2D eigenvalue weighted by Crippen LogP contribution is 2.70. The number of carbonyl (C=O) groups is 6. The molecule has 8 N–H and O–H groups in total. The molecular weight excluding hydrogens is 1250 g/mol. The quantitative estimate of drug-likeness (QED) is 0.0351. The molecule has 3 aliphatic heterocycles. The minimum atomic E-state index is -0.748. The predicted molar refractivity (Wildman–Crippen MR) is 370 cm³/mol. The standard InChI is InChI=1S/C28H43NO7.C24H40O5.C8H17N3.C7H10N2.C4H5NO3.C4H8O/c1-15(4-9-25(35)36-29-23(33)7-8-24(29)34)18-5-6-19-26-20(14-22(32)28(18,19)3)27(2)11-10-17(30)12-16(27)13-21(26)31;1-13(4-7-21(28)29)16-5-6-17-22-18(12-20(27)24(16,17)3)23(2)9-8-15(25)10-14(23)11-19(22)26;1-4-9-8-10-6-5-7-11(2)3;1-9(2)7-3-5-8-6-4-7;6-3-1-2-4(7)5(3)8;1-2-4-5-3-1/h15-22,26,30-32H,4-14H2,1-3H3;13-20,22,25-27H,4-12H2,1-3H3,(H,28,29);4-7H2,1-3H3;3-6H,1-2H3;8H,1-2H2;1-4H2/t15-,16+,17-,18?,19+,20?,21+,22?,26-,27?,28?;13-,14+,15-,16?,17+,18?,19+,20?,22-,23?,24?;;;;/m11..../s1. The summed E-state index contributed by atoms with van der Waals surface area (Å²) < 4.78 is 4.94. The number of aliphatic carboxylic acids is 1. The summed E-state index contributed by atoms with van der Waals surface area (Å²) in [6.07, 6.45) is 19.0. The molecule has 0 bridgehead atoms. The van der Waals surface area contributed by atoms with Crippen LogP contribution in [-0.4, -0.2) is 200 Å². The van der Waals surface area contributed by atoms with Crippen LogP contribution in [0.4, 0.5) is 5.69 Å². The molecule has 3 saturated heterocycles. The van der Waals surface area contributed by atoms with Crippen molar-refractivity contribution in [2.45, 2.75) is 246 Å². The summed E-state index contributed by atoms with van der Waals surface area (Å²) in [6.45, 7) is 20.0. The van der Waals surface area contributed by atoms with Crippen molar-refractivity contribution >= 4 is 47.3 Å². The average molecular weight is 1380 g/mol. The van der Waals surface area contributed by atoms with Gasteiger partial charge in [-0.2, -0.15) is 5.06 Å². The van der Waals surface area contributed by atoms with Gasteiger partial charge in [-0.15, -0.1) is 5.06 Å². The van der Waals surface area contributed by atoms with Gasteiger partial charge in [0.2, 0.25) is 0 Å². The Hall–Kier alpha value is -4.81. The summed E-state index contributed by atoms with van der Waals surface area (Å²) >= 11 is 0. The summed E-state index contributed by atoms with van der Waals surface area (Å²) in [5, 5.41) is 84.5. The van der Waals surface area contributed by atoms with Crippen molar-refractivity contribution in [2.75, 3.05) is 65.9 Å². The van der Waals surface area contributed by atoms with Crippen LogP contribution in [0.1, 0.15) is 209 Å². The topological polar surface area (TPSA) is 333 Å². The Balaban J connectivity index is 0.000000191. The first kappa shape index (κ1) is 80.5. The number of nitrogens with zero attached hydrogens (tertiary/aromatic N) is 7. The molecule has 554 valence electrons. The molecule has 8 aliphatic carbocycles. The number of aliphatic imine (C=N–C) groups is 2. The Morgan fingerprint density at radius 1 is 0.653 bits per heavy atom. The van der Waals surface area contributed by atoms with E-state index in [2.05, 4.69) is 81.5 Å². The third-order valence-electron chi connectivity index (χ3n) is 26.1. The first-order chi connectivity index (χ1) is 46.3. The normalized spacial score (nSPS) is 37.8. The number of aliphatic hydroxyl groups is 6. The number of fused-ring (bicyclic) bond motifs is 10. The zero-order chi connectivity index (χ0) is 72.0. The van der Waals surface area contributed by atoms with Gasteiger partial charge in [-0.1, -0.05) is 41.5 Å². The van der Waals surface area contributed by atoms with Gasteiger partial charge in [0.05, 0.1) is 49.2 Å². The molecule has 11 aliphatic rings. The Labute approximate surface area is 582 Å². The molecule has 98 heavy (non-hydrogen) atoms. The molecule has 10 unspecified atom stereocenters. The van der Waals surface area contributed by atoms with Gasteiger partial charge in [0.1, 0.15) is 0 Å². The number of hydroxylamine groups is 4. The van der Waals surface area contributed by atoms with Gasteiger partial charge in [0.15, 0.2) is 0 Å². The fourth-order valence-corrected chi connectivity index (χ4v) is 20.5. The van der Waals surface area contributed by atoms with E-state index < -0.39 is 53.9 Å². The molecular formula is C75H123N7O16. The van der Waals surface area contributed by atoms with Crippen LogP contribution in [0.15, 0.2) is 34.5 Å². The Morgan fingerprint density at radius 2 is 1.11 bits per heavy atom. The summed E-state index contributed by atoms with van der Waals surface area (Å²) in [6, 6.07) is 6.58. The van der Waals surface area contributed by atoms with E-state index in [0.29, 0.717) is 53.9 Å². The van der Waals surface area contributed by atoms with Crippen molar-refractivity contribution in [1.29, 1.82) is 0 Å². The highest BCUT2D eigenvalue weighted by molar-refractivity contribution is 6.01. The average Bonchev–Trinajstić information content (AvgIpc) is 1.07. The Kier molecular flexibility index (Phi) is 29.5. The van der Waals surface area contributed by atoms with Gasteiger partial charge in [-0.25, -0.2) is 14.8 Å². The van der Waals surface area contributed by atoms with Crippen molar-refractivity contribution in [3.63, 3.8) is 0 Å². The molecule has 11 fully saturated rings. The van der Waals surface area contributed by atoms with Crippen LogP contribution in [-0.2, 0) is 38.3 Å². The first-order valence-electron chi connectivity index (χ1n) is 37.1. The predicted octanol–water partition coefficient (Wildman–Crippen LogP) is 9.02. The highest BCUT2D eigenvalue weighted by atomic mass is 16.7. The highest BCUT2D eigenvalue weighted by Gasteiger charge is 2.68. The van der Waals surface area contributed by atoms with Crippen LogP contribution in [0.3, 0.4) is 0 Å². The van der Waals surface area contributed by atoms with Crippen LogP contribution in [0, 0.1) is 92.7 Å². The monoisotopic (exact) mass is 1380 g/mol. The molecule has 1 aromatic heterocycles. The summed E-state index contributed by atoms with van der Waals surface area (Å²) in [5.41, 5.74) is 0.758. The maximum absolute atomic E-state index is 12.4. The summed E-state index contributed by atoms with van der Waals surface area (Å²) in [4.78, 5) is 88.4. The number of aromatic nitrogens is 1. The summed E-state index contributed by atoms with van der Waals surface area (Å²) in [7, 11) is 8.14. The number of carbonyl (C=O) groups excluding carboxylic acids is 5. The van der Waals surface area contributed by atoms with E-state index in [9.17, 15) is 59.4 Å². The molecule has 22 atom stereocenters. The molecule has 0 spiro atoms. The number of rotatable bonds is 15. The number of carboxylic acids is 1. The zero-order valence-electron chi connectivity index (χ0n) is 60.9. The van der Waals surface area contributed by atoms with E-state index >= 15 is 0 Å². The van der Waals surface area contributed by atoms with E-state index in [1.54, 1.807) is 12.4 Å². The number of pyridine rings is 1. The second-order valence-electron chi connectivity index (χ2n) is 32.2. The number of amides is 4. The lowest BCUT2D eigenvalue weighted by Gasteiger charge is -2.63. The maximum Gasteiger partial charge on any atom is 0.333 e. The lowest BCUT2D eigenvalue weighted by atomic mass is 9.43. The second-order valence-corrected chi connectivity index (χ2v) is 32.2. The van der Waals surface area contributed by atoms with Gasteiger partial charge in [0, 0.05) is 90.5 Å². The number of anilines is 1. The van der Waals surface area contributed by atoms with E-state index in [0.717, 1.165) is 123 Å². The molecule has 0 radical (unpaired) electrons. The van der Waals surface area contributed by atoms with Gasteiger partial charge < -0.3 is 55.1 Å². The van der Waals surface area contributed by atoms with Crippen LogP contribution >= 0.6 is 0 Å². The number of carboxylic acid groups (broad SMARTS) is 1. The van der Waals surface area contributed by atoms with Crippen molar-refractivity contribution < 1.29 is 79.3 Å². The zero-order valence-corrected chi connectivity index (χ0v) is 60.9. The van der Waals surface area contributed by atoms with Crippen LogP contribution < -0.4 is 4.90 Å². The lowest BCUT2D eigenvalue weighted by molar-refractivity contribution is -0.207. The number of imide groups is 2. The maximum atomic E-state index is 12.4. The van der Waals surface area contributed by atoms with Crippen molar-refractivity contribution in [3.8, 4) is 0 Å². The largest absolute Gasteiger partial charge is 0.481 e. The van der Waals surface area contributed by atoms with E-state index in [1.165, 1.54) is 18.5 Å². The molecule has 0 aromatic carbocycles. The number of hydrogen-bond donors (Lipinski definition) is 8. The fourth-order valence-electron chi connectivity index (χ4n) is 20.5. The number of ether oxygens (including phenoxy) is 1. The molecule has 23 nitrogen and oxygen atoms in total. The van der Waals surface area contributed by atoms with Gasteiger partial charge in [-0.3, -0.25) is 34.2 Å². The third kappa shape index (κ3) is 18.9. The SMILES string of the molecule is C1CCOC1.CCN=C=NCCCN(C)C.CN(C)c1ccncc1.C[C@H](CCC(=O)O)C1CC[C@H]2[C@@H]3C(CC(O)C12C)C1(C)CC[C@@H](O)C[C@H]1C[C@@H]3O.C[C@H](CCC(=O)ON1C(=O)CCC1=O)C1CC[C@H]2[C@@H]3C(CC(O)C12C)C1(C)CC[C@@H](O)C[C@H]1C[C@@H]3O.O=C1CCC(=O)N1O. The second kappa shape index (κ2) is 35.9. The van der Waals surface area contributed by atoms with Crippen molar-refractivity contribution in [3.05, 3.63) is 24.5 Å². The third-order valence-corrected chi connectivity index (χ3v) is 26.1. The van der Waals surface area contributed by atoms with E-state index in [-0.39, 0.29) is 125 Å².